The minimum absolute atomic E-state index is 0.0192. The first-order valence-electron chi connectivity index (χ1n) is 12.9. The summed E-state index contributed by atoms with van der Waals surface area (Å²) in [6.07, 6.45) is 1.72. The first-order chi connectivity index (χ1) is 18.8. The molecule has 1 aliphatic rings. The molecule has 10 heteroatoms. The molecule has 0 spiro atoms. The molecule has 1 aliphatic heterocycles. The number of carbonyl (C=O) groups excluding carboxylic acids is 1. The number of phenolic OH excluding ortho intramolecular Hbond substituents is 1. The topological polar surface area (TPSA) is 109 Å². The largest absolute Gasteiger partial charge is 0.504 e. The van der Waals surface area contributed by atoms with E-state index < -0.39 is 12.0 Å². The van der Waals surface area contributed by atoms with E-state index in [1.807, 2.05) is 26.8 Å². The fourth-order valence-electron chi connectivity index (χ4n) is 4.39. The van der Waals surface area contributed by atoms with Crippen LogP contribution in [0.2, 0.25) is 0 Å². The third-order valence-electron chi connectivity index (χ3n) is 5.98. The van der Waals surface area contributed by atoms with Crippen molar-refractivity contribution in [3.63, 3.8) is 0 Å². The molecular weight excluding hydrogens is 520 g/mol. The van der Waals surface area contributed by atoms with Gasteiger partial charge in [0, 0.05) is 0 Å². The number of esters is 1. The predicted octanol–water partition coefficient (Wildman–Crippen LogP) is 3.70. The van der Waals surface area contributed by atoms with Gasteiger partial charge in [-0.05, 0) is 76.1 Å². The lowest BCUT2D eigenvalue weighted by Gasteiger charge is -2.25. The number of carbonyl (C=O) groups is 1. The van der Waals surface area contributed by atoms with E-state index in [9.17, 15) is 14.7 Å². The second-order valence-corrected chi connectivity index (χ2v) is 9.54. The molecule has 0 aliphatic carbocycles. The number of ether oxygens (including phenoxy) is 4. The standard InChI is InChI=1S/C29H32N2O7S/c1-6-35-21-13-11-19(16-23(21)37-8-3)26-25(28(34)38-9-4)17(5)30-29-31(26)27(33)24(39-29)15-18-10-12-20(32)22(14-18)36-7-2/h10-16,26,32H,6-9H2,1-5H3. The SMILES string of the molecule is CCOC(=O)C1=C(C)N=c2sc(=Cc3ccc(O)c(OCC)c3)c(=O)n2C1c1ccc(OCC)c(OCC)c1. The average molecular weight is 553 g/mol. The van der Waals surface area contributed by atoms with E-state index in [1.54, 1.807) is 44.2 Å². The van der Waals surface area contributed by atoms with Crippen LogP contribution >= 0.6 is 11.3 Å². The van der Waals surface area contributed by atoms with E-state index in [4.69, 9.17) is 18.9 Å². The van der Waals surface area contributed by atoms with E-state index in [0.717, 1.165) is 0 Å². The number of allylic oxidation sites excluding steroid dienone is 1. The number of hydrogen-bond acceptors (Lipinski definition) is 9. The number of fused-ring (bicyclic) bond motifs is 1. The van der Waals surface area contributed by atoms with Crippen molar-refractivity contribution in [2.75, 3.05) is 26.4 Å². The minimum Gasteiger partial charge on any atom is -0.504 e. The molecule has 1 aromatic heterocycles. The van der Waals surface area contributed by atoms with Gasteiger partial charge in [0.2, 0.25) is 0 Å². The fourth-order valence-corrected chi connectivity index (χ4v) is 5.43. The van der Waals surface area contributed by atoms with Crippen molar-refractivity contribution < 1.29 is 28.8 Å². The van der Waals surface area contributed by atoms with Crippen LogP contribution in [0.25, 0.3) is 6.08 Å². The molecule has 0 bridgehead atoms. The van der Waals surface area contributed by atoms with Crippen LogP contribution in [0.1, 0.15) is 51.8 Å². The predicted molar refractivity (Wildman–Crippen MR) is 148 cm³/mol. The second kappa shape index (κ2) is 12.2. The summed E-state index contributed by atoms with van der Waals surface area (Å²) in [5.41, 5.74) is 1.79. The van der Waals surface area contributed by atoms with Crippen LogP contribution in [0.4, 0.5) is 0 Å². The maximum absolute atomic E-state index is 13.9. The first kappa shape index (κ1) is 28.0. The van der Waals surface area contributed by atoms with Gasteiger partial charge in [0.05, 0.1) is 48.3 Å². The van der Waals surface area contributed by atoms with E-state index in [1.165, 1.54) is 22.0 Å². The molecule has 0 radical (unpaired) electrons. The van der Waals surface area contributed by atoms with Crippen LogP contribution < -0.4 is 29.1 Å². The zero-order valence-electron chi connectivity index (χ0n) is 22.6. The molecule has 0 saturated heterocycles. The molecular formula is C29H32N2O7S. The number of aromatic nitrogens is 1. The number of benzene rings is 2. The molecule has 0 amide bonds. The lowest BCUT2D eigenvalue weighted by Crippen LogP contribution is -2.40. The van der Waals surface area contributed by atoms with Crippen molar-refractivity contribution in [1.82, 2.24) is 4.57 Å². The lowest BCUT2D eigenvalue weighted by molar-refractivity contribution is -0.139. The molecule has 1 N–H and O–H groups in total. The van der Waals surface area contributed by atoms with Gasteiger partial charge in [0.1, 0.15) is 0 Å². The zero-order chi connectivity index (χ0) is 28.1. The molecule has 39 heavy (non-hydrogen) atoms. The highest BCUT2D eigenvalue weighted by molar-refractivity contribution is 7.07. The van der Waals surface area contributed by atoms with E-state index >= 15 is 0 Å². The smallest absolute Gasteiger partial charge is 0.338 e. The van der Waals surface area contributed by atoms with Crippen LogP contribution in [0.5, 0.6) is 23.0 Å². The summed E-state index contributed by atoms with van der Waals surface area (Å²) in [5, 5.41) is 10.1. The lowest BCUT2D eigenvalue weighted by atomic mass is 9.95. The number of thiazole rings is 1. The molecule has 0 saturated carbocycles. The highest BCUT2D eigenvalue weighted by Gasteiger charge is 2.34. The molecule has 3 aromatic rings. The van der Waals surface area contributed by atoms with Crippen molar-refractivity contribution in [2.45, 2.75) is 40.7 Å². The summed E-state index contributed by atoms with van der Waals surface area (Å²) in [6, 6.07) is 9.51. The Kier molecular flexibility index (Phi) is 8.75. The molecule has 4 rings (SSSR count). The maximum atomic E-state index is 13.9. The Morgan fingerprint density at radius 3 is 2.36 bits per heavy atom. The summed E-state index contributed by atoms with van der Waals surface area (Å²) in [7, 11) is 0. The van der Waals surface area contributed by atoms with Gasteiger partial charge in [-0.1, -0.05) is 23.5 Å². The Labute approximate surface area is 230 Å². The molecule has 1 unspecified atom stereocenters. The van der Waals surface area contributed by atoms with Crippen LogP contribution in [-0.2, 0) is 9.53 Å². The van der Waals surface area contributed by atoms with Crippen molar-refractivity contribution in [3.05, 3.63) is 78.5 Å². The summed E-state index contributed by atoms with van der Waals surface area (Å²) < 4.78 is 24.4. The molecule has 2 aromatic carbocycles. The molecule has 1 atom stereocenters. The number of hydrogen-bond donors (Lipinski definition) is 1. The zero-order valence-corrected chi connectivity index (χ0v) is 23.5. The molecule has 2 heterocycles. The number of aromatic hydroxyl groups is 1. The maximum Gasteiger partial charge on any atom is 0.338 e. The summed E-state index contributed by atoms with van der Waals surface area (Å²) in [4.78, 5) is 32.1. The third kappa shape index (κ3) is 5.70. The van der Waals surface area contributed by atoms with Crippen LogP contribution in [-0.4, -0.2) is 42.1 Å². The Morgan fingerprint density at radius 1 is 0.974 bits per heavy atom. The third-order valence-corrected chi connectivity index (χ3v) is 6.96. The van der Waals surface area contributed by atoms with Gasteiger partial charge in [-0.25, -0.2) is 9.79 Å². The normalized spacial score (nSPS) is 15.0. The quantitative estimate of drug-likeness (QED) is 0.382. The first-order valence-corrected chi connectivity index (χ1v) is 13.7. The summed E-state index contributed by atoms with van der Waals surface area (Å²) in [5.74, 6) is 0.904. The van der Waals surface area contributed by atoms with Gasteiger partial charge in [-0.3, -0.25) is 9.36 Å². The van der Waals surface area contributed by atoms with Gasteiger partial charge in [0.15, 0.2) is 27.8 Å². The van der Waals surface area contributed by atoms with Crippen LogP contribution in [0.15, 0.2) is 57.5 Å². The Bertz CT molecular complexity index is 1590. The highest BCUT2D eigenvalue weighted by atomic mass is 32.1. The number of rotatable bonds is 10. The fraction of sp³-hybridized carbons (Fsp3) is 0.345. The monoisotopic (exact) mass is 552 g/mol. The number of nitrogens with zero attached hydrogens (tertiary/aromatic N) is 2. The number of phenols is 1. The van der Waals surface area contributed by atoms with Gasteiger partial charge < -0.3 is 24.1 Å². The molecule has 0 fully saturated rings. The van der Waals surface area contributed by atoms with Gasteiger partial charge in [0.25, 0.3) is 5.56 Å². The van der Waals surface area contributed by atoms with Crippen molar-refractivity contribution in [2.24, 2.45) is 4.99 Å². The van der Waals surface area contributed by atoms with Crippen LogP contribution in [0.3, 0.4) is 0 Å². The molecule has 206 valence electrons. The van der Waals surface area contributed by atoms with Crippen molar-refractivity contribution >= 4 is 23.4 Å². The Balaban J connectivity index is 1.93. The van der Waals surface area contributed by atoms with E-state index in [2.05, 4.69) is 4.99 Å². The highest BCUT2D eigenvalue weighted by Crippen LogP contribution is 2.36. The van der Waals surface area contributed by atoms with Crippen molar-refractivity contribution in [3.8, 4) is 23.0 Å². The van der Waals surface area contributed by atoms with Gasteiger partial charge in [-0.15, -0.1) is 0 Å². The van der Waals surface area contributed by atoms with Crippen molar-refractivity contribution in [1.29, 1.82) is 0 Å². The molecule has 9 nitrogen and oxygen atoms in total. The summed E-state index contributed by atoms with van der Waals surface area (Å²) >= 11 is 1.22. The Hall–Kier alpha value is -4.05. The summed E-state index contributed by atoms with van der Waals surface area (Å²) in [6.45, 7) is 10.5. The second-order valence-electron chi connectivity index (χ2n) is 8.53. The van der Waals surface area contributed by atoms with Gasteiger partial charge in [-0.2, -0.15) is 0 Å². The van der Waals surface area contributed by atoms with E-state index in [-0.39, 0.29) is 23.5 Å². The van der Waals surface area contributed by atoms with Crippen LogP contribution in [0, 0.1) is 0 Å². The van der Waals surface area contributed by atoms with E-state index in [0.29, 0.717) is 63.2 Å². The Morgan fingerprint density at radius 2 is 1.67 bits per heavy atom. The minimum atomic E-state index is -0.781. The average Bonchev–Trinajstić information content (AvgIpc) is 3.21. The van der Waals surface area contributed by atoms with Gasteiger partial charge >= 0.3 is 5.97 Å².